The predicted molar refractivity (Wildman–Crippen MR) is 133 cm³/mol. The number of aryl methyl sites for hydroxylation is 1. The van der Waals surface area contributed by atoms with Gasteiger partial charge in [0.05, 0.1) is 24.0 Å². The Morgan fingerprint density at radius 3 is 2.73 bits per heavy atom. The van der Waals surface area contributed by atoms with Gasteiger partial charge in [-0.2, -0.15) is 0 Å². The van der Waals surface area contributed by atoms with Crippen molar-refractivity contribution in [1.29, 1.82) is 0 Å². The lowest BCUT2D eigenvalue weighted by Crippen LogP contribution is -2.14. The molecule has 0 amide bonds. The Morgan fingerprint density at radius 1 is 1.27 bits per heavy atom. The predicted octanol–water partition coefficient (Wildman–Crippen LogP) is 3.50. The number of nitrogens with one attached hydrogen (secondary N) is 1. The van der Waals surface area contributed by atoms with Gasteiger partial charge in [-0.15, -0.1) is 10.2 Å². The van der Waals surface area contributed by atoms with Crippen LogP contribution in [-0.4, -0.2) is 61.0 Å². The van der Waals surface area contributed by atoms with Crippen molar-refractivity contribution in [1.82, 2.24) is 34.1 Å². The van der Waals surface area contributed by atoms with Gasteiger partial charge in [-0.3, -0.25) is 9.39 Å². The summed E-state index contributed by atoms with van der Waals surface area (Å²) in [6.07, 6.45) is 7.22. The van der Waals surface area contributed by atoms with Crippen molar-refractivity contribution in [3.05, 3.63) is 48.7 Å². The van der Waals surface area contributed by atoms with E-state index in [9.17, 15) is 0 Å². The maximum absolute atomic E-state index is 4.89. The summed E-state index contributed by atoms with van der Waals surface area (Å²) in [5.41, 5.74) is 3.79. The van der Waals surface area contributed by atoms with Crippen molar-refractivity contribution < 1.29 is 0 Å². The Kier molecular flexibility index (Phi) is 5.91. The summed E-state index contributed by atoms with van der Waals surface area (Å²) < 4.78 is 3.99. The van der Waals surface area contributed by atoms with Gasteiger partial charge < -0.3 is 14.8 Å². The zero-order valence-electron chi connectivity index (χ0n) is 19.6. The van der Waals surface area contributed by atoms with Gasteiger partial charge in [-0.1, -0.05) is 12.7 Å². The van der Waals surface area contributed by atoms with E-state index >= 15 is 0 Å². The Bertz CT molecular complexity index is 1370. The summed E-state index contributed by atoms with van der Waals surface area (Å²) in [6, 6.07) is 2.18. The lowest BCUT2D eigenvalue weighted by Gasteiger charge is -2.14. The van der Waals surface area contributed by atoms with Crippen molar-refractivity contribution in [2.75, 3.05) is 24.3 Å². The molecule has 0 unspecified atom stereocenters. The van der Waals surface area contributed by atoms with Crippen LogP contribution in [0.25, 0.3) is 28.2 Å². The first-order valence-electron chi connectivity index (χ1n) is 10.6. The number of hydrogen-bond acceptors (Lipinski definition) is 8. The van der Waals surface area contributed by atoms with Crippen LogP contribution in [0.4, 0.5) is 11.6 Å². The largest absolute Gasteiger partial charge is 0.365 e. The molecule has 0 aliphatic carbocycles. The van der Waals surface area contributed by atoms with Crippen molar-refractivity contribution in [2.24, 2.45) is 4.99 Å². The lowest BCUT2D eigenvalue weighted by molar-refractivity contribution is 0.804. The van der Waals surface area contributed by atoms with E-state index < -0.39 is 0 Å². The first kappa shape index (κ1) is 22.1. The number of hydrogen-bond donors (Lipinski definition) is 1. The minimum Gasteiger partial charge on any atom is -0.365 e. The van der Waals surface area contributed by atoms with Crippen LogP contribution < -0.4 is 10.2 Å². The topological polar surface area (TPSA) is 101 Å². The minimum absolute atomic E-state index is 0.173. The maximum Gasteiger partial charge on any atom is 0.203 e. The molecule has 0 atom stereocenters. The summed E-state index contributed by atoms with van der Waals surface area (Å²) in [5, 5.41) is 11.9. The number of anilines is 2. The third kappa shape index (κ3) is 4.19. The highest BCUT2D eigenvalue weighted by Crippen LogP contribution is 2.28. The molecule has 4 heterocycles. The van der Waals surface area contributed by atoms with Crippen LogP contribution in [0.2, 0.25) is 0 Å². The van der Waals surface area contributed by atoms with Gasteiger partial charge in [-0.05, 0) is 33.6 Å². The molecule has 0 saturated heterocycles. The van der Waals surface area contributed by atoms with E-state index in [1.54, 1.807) is 12.3 Å². The fourth-order valence-corrected chi connectivity index (χ4v) is 3.56. The second-order valence-electron chi connectivity index (χ2n) is 8.21. The molecule has 0 aromatic carbocycles. The molecule has 0 spiro atoms. The van der Waals surface area contributed by atoms with Crippen LogP contribution >= 0.6 is 0 Å². The standard InChI is InChI=1S/C23H28N10/c1-8-9-16(24-5)12-33-19-10-20(31(6)7)25-11-17(19)28-22(33)18-13-32-15(4)29-30-23(32)21(27-18)26-14(2)3/h8-11,13-14H,1,5,12H2,2-4,6-7H3,(H,26,27)/b16-9-. The van der Waals surface area contributed by atoms with E-state index in [0.29, 0.717) is 29.5 Å². The summed E-state index contributed by atoms with van der Waals surface area (Å²) in [4.78, 5) is 20.4. The molecule has 1 N–H and O–H groups in total. The average Bonchev–Trinajstić information content (AvgIpc) is 3.33. The average molecular weight is 445 g/mol. The molecule has 0 radical (unpaired) electrons. The number of rotatable bonds is 8. The molecule has 4 aromatic rings. The van der Waals surface area contributed by atoms with Crippen LogP contribution in [-0.2, 0) is 6.54 Å². The number of fused-ring (bicyclic) bond motifs is 2. The van der Waals surface area contributed by atoms with Gasteiger partial charge in [0.25, 0.3) is 0 Å². The zero-order chi connectivity index (χ0) is 23.7. The Hall–Kier alpha value is -4.08. The molecule has 170 valence electrons. The maximum atomic E-state index is 4.89. The van der Waals surface area contributed by atoms with E-state index in [-0.39, 0.29) is 6.04 Å². The van der Waals surface area contributed by atoms with Crippen LogP contribution in [0.5, 0.6) is 0 Å². The number of imidazole rings is 1. The highest BCUT2D eigenvalue weighted by atomic mass is 15.3. The second-order valence-corrected chi connectivity index (χ2v) is 8.21. The highest BCUT2D eigenvalue weighted by Gasteiger charge is 2.20. The van der Waals surface area contributed by atoms with Gasteiger partial charge in [0, 0.05) is 32.4 Å². The number of nitrogens with zero attached hydrogens (tertiary/aromatic N) is 9. The summed E-state index contributed by atoms with van der Waals surface area (Å²) >= 11 is 0. The molecule has 33 heavy (non-hydrogen) atoms. The molecule has 4 rings (SSSR count). The molecule has 0 bridgehead atoms. The monoisotopic (exact) mass is 444 g/mol. The Labute approximate surface area is 192 Å². The molecule has 10 nitrogen and oxygen atoms in total. The number of pyridine rings is 1. The molecule has 0 aliphatic rings. The third-order valence-electron chi connectivity index (χ3n) is 5.13. The van der Waals surface area contributed by atoms with E-state index in [2.05, 4.69) is 57.2 Å². The van der Waals surface area contributed by atoms with Crippen LogP contribution in [0.1, 0.15) is 19.7 Å². The molecule has 4 aromatic heterocycles. The molecule has 0 saturated carbocycles. The molecular formula is C23H28N10. The van der Waals surface area contributed by atoms with Crippen molar-refractivity contribution in [3.8, 4) is 11.5 Å². The van der Waals surface area contributed by atoms with E-state index in [4.69, 9.17) is 9.97 Å². The van der Waals surface area contributed by atoms with Gasteiger partial charge in [-0.25, -0.2) is 15.0 Å². The van der Waals surface area contributed by atoms with E-state index in [1.807, 2.05) is 48.7 Å². The fraction of sp³-hybridized carbons (Fsp3) is 0.304. The lowest BCUT2D eigenvalue weighted by atomic mass is 10.3. The van der Waals surface area contributed by atoms with Crippen molar-refractivity contribution >= 4 is 35.0 Å². The van der Waals surface area contributed by atoms with E-state index in [1.165, 1.54) is 0 Å². The first-order valence-corrected chi connectivity index (χ1v) is 10.6. The summed E-state index contributed by atoms with van der Waals surface area (Å²) in [5.74, 6) is 2.93. The number of allylic oxidation sites excluding steroid dienone is 3. The molecular weight excluding hydrogens is 416 g/mol. The molecule has 0 aliphatic heterocycles. The minimum atomic E-state index is 0.173. The summed E-state index contributed by atoms with van der Waals surface area (Å²) in [7, 11) is 3.91. The van der Waals surface area contributed by atoms with Crippen molar-refractivity contribution in [3.63, 3.8) is 0 Å². The molecule has 10 heteroatoms. The van der Waals surface area contributed by atoms with Gasteiger partial charge >= 0.3 is 0 Å². The smallest absolute Gasteiger partial charge is 0.203 e. The summed E-state index contributed by atoms with van der Waals surface area (Å²) in [6.45, 7) is 14.0. The van der Waals surface area contributed by atoms with Crippen molar-refractivity contribution in [2.45, 2.75) is 33.4 Å². The van der Waals surface area contributed by atoms with Gasteiger partial charge in [0.2, 0.25) is 5.65 Å². The van der Waals surface area contributed by atoms with Gasteiger partial charge in [0.1, 0.15) is 22.9 Å². The fourth-order valence-electron chi connectivity index (χ4n) is 3.56. The number of aromatic nitrogens is 7. The number of aliphatic imine (C=N–C) groups is 1. The molecule has 0 fully saturated rings. The zero-order valence-corrected chi connectivity index (χ0v) is 19.6. The quantitative estimate of drug-likeness (QED) is 0.328. The highest BCUT2D eigenvalue weighted by molar-refractivity contribution is 5.82. The Balaban J connectivity index is 2.00. The SMILES string of the molecule is C=C/C=C(/Cn1c(-c2cn3c(C)nnc3c(NC(C)C)n2)nc2cnc(N(C)C)cc21)N=C. The second kappa shape index (κ2) is 8.81. The third-order valence-corrected chi connectivity index (χ3v) is 5.13. The first-order chi connectivity index (χ1) is 15.8. The van der Waals surface area contributed by atoms with Crippen LogP contribution in [0, 0.1) is 6.92 Å². The van der Waals surface area contributed by atoms with Crippen LogP contribution in [0.15, 0.2) is 47.9 Å². The normalized spacial score (nSPS) is 12.0. The Morgan fingerprint density at radius 2 is 2.06 bits per heavy atom. The van der Waals surface area contributed by atoms with Gasteiger partial charge in [0.15, 0.2) is 11.6 Å². The van der Waals surface area contributed by atoms with Crippen LogP contribution in [0.3, 0.4) is 0 Å². The van der Waals surface area contributed by atoms with E-state index in [0.717, 1.165) is 28.4 Å².